The van der Waals surface area contributed by atoms with Crippen LogP contribution in [0, 0.1) is 23.6 Å². The summed E-state index contributed by atoms with van der Waals surface area (Å²) in [6.07, 6.45) is 3.53. The summed E-state index contributed by atoms with van der Waals surface area (Å²) >= 11 is 0. The predicted molar refractivity (Wildman–Crippen MR) is 97.7 cm³/mol. The Morgan fingerprint density at radius 2 is 2.00 bits per heavy atom. The summed E-state index contributed by atoms with van der Waals surface area (Å²) in [5, 5.41) is 9.74. The summed E-state index contributed by atoms with van der Waals surface area (Å²) in [5.41, 5.74) is 0.899. The lowest BCUT2D eigenvalue weighted by Crippen LogP contribution is -2.45. The number of aliphatic hydroxyl groups excluding tert-OH is 1. The van der Waals surface area contributed by atoms with Crippen LogP contribution in [0.2, 0.25) is 0 Å². The molecule has 2 saturated heterocycles. The second-order valence-electron chi connectivity index (χ2n) is 8.66. The minimum atomic E-state index is -0.287. The van der Waals surface area contributed by atoms with E-state index >= 15 is 0 Å². The Morgan fingerprint density at radius 3 is 2.74 bits per heavy atom. The highest BCUT2D eigenvalue weighted by atomic mass is 19.1. The molecule has 1 saturated carbocycles. The topological polar surface area (TPSA) is 53.0 Å². The first-order chi connectivity index (χ1) is 13.1. The van der Waals surface area contributed by atoms with Crippen LogP contribution in [0.25, 0.3) is 0 Å². The number of benzene rings is 1. The monoisotopic (exact) mass is 374 g/mol. The minimum Gasteiger partial charge on any atom is -0.493 e. The van der Waals surface area contributed by atoms with E-state index in [1.165, 1.54) is 18.9 Å². The molecule has 3 atom stereocenters. The van der Waals surface area contributed by atoms with Gasteiger partial charge in [-0.25, -0.2) is 4.39 Å². The summed E-state index contributed by atoms with van der Waals surface area (Å²) in [6.45, 7) is 3.48. The summed E-state index contributed by atoms with van der Waals surface area (Å²) in [5.74, 6) is 1.36. The third kappa shape index (κ3) is 3.23. The molecule has 1 aromatic carbocycles. The number of hydrogen-bond donors (Lipinski definition) is 1. The molecule has 3 fully saturated rings. The number of nitrogens with zero attached hydrogens (tertiary/aromatic N) is 2. The van der Waals surface area contributed by atoms with Crippen LogP contribution in [0.15, 0.2) is 18.2 Å². The van der Waals surface area contributed by atoms with Crippen molar-refractivity contribution in [3.63, 3.8) is 0 Å². The highest BCUT2D eigenvalue weighted by Gasteiger charge is 2.51. The van der Waals surface area contributed by atoms with Crippen LogP contribution in [0.5, 0.6) is 5.75 Å². The molecular weight excluding hydrogens is 347 g/mol. The molecular formula is C21H27FN2O3. The summed E-state index contributed by atoms with van der Waals surface area (Å²) in [7, 11) is 0. The zero-order valence-corrected chi connectivity index (χ0v) is 15.5. The van der Waals surface area contributed by atoms with Crippen LogP contribution in [0.1, 0.15) is 37.3 Å². The first kappa shape index (κ1) is 17.4. The fraction of sp³-hybridized carbons (Fsp3) is 0.667. The van der Waals surface area contributed by atoms with E-state index < -0.39 is 0 Å². The van der Waals surface area contributed by atoms with E-state index in [-0.39, 0.29) is 35.7 Å². The van der Waals surface area contributed by atoms with E-state index in [1.807, 2.05) is 4.90 Å². The van der Waals surface area contributed by atoms with Crippen molar-refractivity contribution in [3.8, 4) is 5.75 Å². The second-order valence-corrected chi connectivity index (χ2v) is 8.66. The molecule has 5 nitrogen and oxygen atoms in total. The van der Waals surface area contributed by atoms with Gasteiger partial charge in [0.25, 0.3) is 0 Å². The summed E-state index contributed by atoms with van der Waals surface area (Å²) < 4.78 is 19.9. The van der Waals surface area contributed by atoms with Gasteiger partial charge in [0, 0.05) is 43.7 Å². The van der Waals surface area contributed by atoms with Gasteiger partial charge in [-0.05, 0) is 49.8 Å². The molecule has 146 valence electrons. The quantitative estimate of drug-likeness (QED) is 0.881. The van der Waals surface area contributed by atoms with Gasteiger partial charge in [0.1, 0.15) is 11.6 Å². The largest absolute Gasteiger partial charge is 0.493 e. The van der Waals surface area contributed by atoms with E-state index in [1.54, 1.807) is 12.1 Å². The Bertz CT molecular complexity index is 730. The lowest BCUT2D eigenvalue weighted by molar-refractivity contribution is -0.138. The number of fused-ring (bicyclic) bond motifs is 3. The van der Waals surface area contributed by atoms with E-state index in [9.17, 15) is 14.3 Å². The fourth-order valence-corrected chi connectivity index (χ4v) is 5.10. The Morgan fingerprint density at radius 1 is 1.22 bits per heavy atom. The molecule has 5 rings (SSSR count). The van der Waals surface area contributed by atoms with Gasteiger partial charge in [-0.2, -0.15) is 0 Å². The van der Waals surface area contributed by atoms with Crippen LogP contribution < -0.4 is 4.74 Å². The van der Waals surface area contributed by atoms with Gasteiger partial charge in [-0.15, -0.1) is 0 Å². The predicted octanol–water partition coefficient (Wildman–Crippen LogP) is 2.20. The van der Waals surface area contributed by atoms with E-state index in [2.05, 4.69) is 4.90 Å². The van der Waals surface area contributed by atoms with Gasteiger partial charge in [-0.3, -0.25) is 9.69 Å². The fourth-order valence-electron chi connectivity index (χ4n) is 5.10. The van der Waals surface area contributed by atoms with Gasteiger partial charge < -0.3 is 14.7 Å². The van der Waals surface area contributed by atoms with Crippen LogP contribution in [-0.2, 0) is 4.79 Å². The van der Waals surface area contributed by atoms with Crippen molar-refractivity contribution >= 4 is 5.91 Å². The number of carbonyl (C=O) groups is 1. The standard InChI is InChI=1S/C21H27FN2O3/c22-14-3-4-19-16(9-14)20-18(12-27-19)17(11-24(20)10-13-1-2-13)21(26)23-7-5-15(25)6-8-23/h3-4,9,13,15,17-18,20,25H,1-2,5-8,10-12H2/t17-,18+,20+/m1/s1. The number of piperidine rings is 1. The first-order valence-electron chi connectivity index (χ1n) is 10.2. The maximum Gasteiger partial charge on any atom is 0.227 e. The van der Waals surface area contributed by atoms with Crippen molar-refractivity contribution in [1.29, 1.82) is 0 Å². The second kappa shape index (κ2) is 6.74. The molecule has 0 unspecified atom stereocenters. The number of aliphatic hydroxyl groups is 1. The number of carbonyl (C=O) groups excluding carboxylic acids is 1. The molecule has 0 aromatic heterocycles. The van der Waals surface area contributed by atoms with Gasteiger partial charge in [0.15, 0.2) is 0 Å². The van der Waals surface area contributed by atoms with Gasteiger partial charge in [0.05, 0.1) is 18.6 Å². The highest BCUT2D eigenvalue weighted by molar-refractivity contribution is 5.80. The normalized spacial score (nSPS) is 31.3. The third-order valence-corrected chi connectivity index (χ3v) is 6.75. The molecule has 4 aliphatic rings. The van der Waals surface area contributed by atoms with Crippen molar-refractivity contribution in [2.75, 3.05) is 32.8 Å². The molecule has 6 heteroatoms. The average molecular weight is 374 g/mol. The lowest BCUT2D eigenvalue weighted by Gasteiger charge is -2.36. The smallest absolute Gasteiger partial charge is 0.227 e. The van der Waals surface area contributed by atoms with Crippen molar-refractivity contribution in [1.82, 2.24) is 9.80 Å². The summed E-state index contributed by atoms with van der Waals surface area (Å²) in [4.78, 5) is 17.6. The van der Waals surface area contributed by atoms with Crippen molar-refractivity contribution in [2.24, 2.45) is 17.8 Å². The molecule has 0 bridgehead atoms. The zero-order valence-electron chi connectivity index (χ0n) is 15.5. The zero-order chi connectivity index (χ0) is 18.5. The maximum absolute atomic E-state index is 14.0. The number of rotatable bonds is 3. The Kier molecular flexibility index (Phi) is 4.36. The van der Waals surface area contributed by atoms with Crippen LogP contribution in [0.4, 0.5) is 4.39 Å². The number of hydrogen-bond acceptors (Lipinski definition) is 4. The molecule has 1 amide bonds. The van der Waals surface area contributed by atoms with Crippen molar-refractivity contribution < 1.29 is 19.0 Å². The van der Waals surface area contributed by atoms with E-state index in [4.69, 9.17) is 4.74 Å². The van der Waals surface area contributed by atoms with Crippen molar-refractivity contribution in [2.45, 2.75) is 37.8 Å². The molecule has 1 aromatic rings. The van der Waals surface area contributed by atoms with Crippen LogP contribution in [0.3, 0.4) is 0 Å². The molecule has 1 N–H and O–H groups in total. The highest BCUT2D eigenvalue weighted by Crippen LogP contribution is 2.49. The van der Waals surface area contributed by atoms with Gasteiger partial charge in [-0.1, -0.05) is 0 Å². The SMILES string of the molecule is O=C([C@@H]1CN(CC2CC2)[C@H]2c3cc(F)ccc3OC[C@@H]12)N1CCC(O)CC1. The molecule has 0 spiro atoms. The molecule has 3 aliphatic heterocycles. The number of likely N-dealkylation sites (tertiary alicyclic amines) is 2. The number of ether oxygens (including phenoxy) is 1. The first-order valence-corrected chi connectivity index (χ1v) is 10.2. The average Bonchev–Trinajstić information content (AvgIpc) is 3.41. The van der Waals surface area contributed by atoms with Crippen LogP contribution >= 0.6 is 0 Å². The molecule has 3 heterocycles. The lowest BCUT2D eigenvalue weighted by atomic mass is 9.84. The Balaban J connectivity index is 1.42. The maximum atomic E-state index is 14.0. The van der Waals surface area contributed by atoms with Gasteiger partial charge in [0.2, 0.25) is 5.91 Å². The van der Waals surface area contributed by atoms with E-state index in [0.29, 0.717) is 38.5 Å². The minimum absolute atomic E-state index is 0.0642. The third-order valence-electron chi connectivity index (χ3n) is 6.75. The van der Waals surface area contributed by atoms with Crippen molar-refractivity contribution in [3.05, 3.63) is 29.6 Å². The molecule has 0 radical (unpaired) electrons. The van der Waals surface area contributed by atoms with Gasteiger partial charge >= 0.3 is 0 Å². The number of halogens is 1. The van der Waals surface area contributed by atoms with Crippen LogP contribution in [-0.4, -0.2) is 59.7 Å². The van der Waals surface area contributed by atoms with E-state index in [0.717, 1.165) is 24.4 Å². The molecule has 27 heavy (non-hydrogen) atoms. The Hall–Kier alpha value is -1.66. The summed E-state index contributed by atoms with van der Waals surface area (Å²) in [6, 6.07) is 4.82. The Labute approximate surface area is 159 Å². The number of amides is 1. The molecule has 1 aliphatic carbocycles.